The van der Waals surface area contributed by atoms with Gasteiger partial charge in [-0.1, -0.05) is 30.3 Å². The van der Waals surface area contributed by atoms with Gasteiger partial charge in [0.1, 0.15) is 0 Å². The Morgan fingerprint density at radius 3 is 2.68 bits per heavy atom. The van der Waals surface area contributed by atoms with E-state index in [0.29, 0.717) is 0 Å². The Kier molecular flexibility index (Phi) is 3.62. The molecule has 1 aliphatic heterocycles. The molecule has 2 N–H and O–H groups in total. The maximum atomic E-state index is 11.7. The molecule has 0 bridgehead atoms. The highest BCUT2D eigenvalue weighted by Gasteiger charge is 2.21. The molecule has 4 heteroatoms. The third-order valence-corrected chi connectivity index (χ3v) is 4.25. The fraction of sp³-hybridized carbons (Fsp3) is 0.267. The minimum absolute atomic E-state index is 0.0960. The van der Waals surface area contributed by atoms with Crippen molar-refractivity contribution < 1.29 is 4.79 Å². The van der Waals surface area contributed by atoms with Gasteiger partial charge in [0.25, 0.3) is 0 Å². The number of nitrogens with one attached hydrogen (secondary N) is 2. The predicted molar refractivity (Wildman–Crippen MR) is 78.3 cm³/mol. The van der Waals surface area contributed by atoms with Crippen molar-refractivity contribution in [1.82, 2.24) is 10.6 Å². The number of piperazine rings is 1. The SMILES string of the molecule is O=C1NCCN[C@H]1Cc1ccc(-c2cccs2)cc1. The zero-order valence-electron chi connectivity index (χ0n) is 10.6. The molecule has 1 saturated heterocycles. The van der Waals surface area contributed by atoms with Crippen molar-refractivity contribution >= 4 is 17.2 Å². The number of thiophene rings is 1. The minimum Gasteiger partial charge on any atom is -0.353 e. The smallest absolute Gasteiger partial charge is 0.237 e. The summed E-state index contributed by atoms with van der Waals surface area (Å²) >= 11 is 1.74. The van der Waals surface area contributed by atoms with Crippen molar-refractivity contribution in [2.24, 2.45) is 0 Å². The van der Waals surface area contributed by atoms with Gasteiger partial charge in [0.15, 0.2) is 0 Å². The first-order chi connectivity index (χ1) is 9.33. The fourth-order valence-corrected chi connectivity index (χ4v) is 3.03. The summed E-state index contributed by atoms with van der Waals surface area (Å²) in [6.07, 6.45) is 0.747. The first-order valence-electron chi connectivity index (χ1n) is 6.47. The van der Waals surface area contributed by atoms with Crippen LogP contribution in [0.5, 0.6) is 0 Å². The van der Waals surface area contributed by atoms with Crippen LogP contribution in [0.15, 0.2) is 41.8 Å². The quantitative estimate of drug-likeness (QED) is 0.898. The topological polar surface area (TPSA) is 41.1 Å². The Balaban J connectivity index is 1.70. The third-order valence-electron chi connectivity index (χ3n) is 3.33. The number of carbonyl (C=O) groups is 1. The van der Waals surface area contributed by atoms with Crippen LogP contribution in [0.1, 0.15) is 5.56 Å². The van der Waals surface area contributed by atoms with Gasteiger partial charge in [0, 0.05) is 18.0 Å². The summed E-state index contributed by atoms with van der Waals surface area (Å²) in [6, 6.07) is 12.6. The number of amides is 1. The predicted octanol–water partition coefficient (Wildman–Crippen LogP) is 2.05. The molecule has 0 saturated carbocycles. The van der Waals surface area contributed by atoms with Crippen molar-refractivity contribution in [2.75, 3.05) is 13.1 Å². The van der Waals surface area contributed by atoms with E-state index in [1.165, 1.54) is 16.0 Å². The van der Waals surface area contributed by atoms with E-state index in [-0.39, 0.29) is 11.9 Å². The second kappa shape index (κ2) is 5.55. The first-order valence-corrected chi connectivity index (χ1v) is 7.35. The molecule has 3 rings (SSSR count). The normalized spacial score (nSPS) is 19.2. The van der Waals surface area contributed by atoms with E-state index in [1.54, 1.807) is 11.3 Å². The third kappa shape index (κ3) is 2.85. The molecular formula is C15H16N2OS. The van der Waals surface area contributed by atoms with Crippen LogP contribution in [-0.4, -0.2) is 25.0 Å². The van der Waals surface area contributed by atoms with Crippen molar-refractivity contribution in [3.8, 4) is 10.4 Å². The summed E-state index contributed by atoms with van der Waals surface area (Å²) in [5, 5.41) is 8.22. The summed E-state index contributed by atoms with van der Waals surface area (Å²) in [7, 11) is 0. The van der Waals surface area contributed by atoms with E-state index in [4.69, 9.17) is 0 Å². The highest BCUT2D eigenvalue weighted by Crippen LogP contribution is 2.24. The van der Waals surface area contributed by atoms with E-state index in [1.807, 2.05) is 0 Å². The van der Waals surface area contributed by atoms with E-state index in [0.717, 1.165) is 19.5 Å². The maximum absolute atomic E-state index is 11.7. The van der Waals surface area contributed by atoms with Crippen molar-refractivity contribution in [3.63, 3.8) is 0 Å². The van der Waals surface area contributed by atoms with Crippen LogP contribution in [0, 0.1) is 0 Å². The van der Waals surface area contributed by atoms with Crippen molar-refractivity contribution in [2.45, 2.75) is 12.5 Å². The molecule has 1 aromatic carbocycles. The molecule has 19 heavy (non-hydrogen) atoms. The lowest BCUT2D eigenvalue weighted by atomic mass is 10.0. The molecule has 1 aliphatic rings. The molecule has 1 amide bonds. The van der Waals surface area contributed by atoms with E-state index in [2.05, 4.69) is 52.4 Å². The Morgan fingerprint density at radius 2 is 2.00 bits per heavy atom. The summed E-state index contributed by atoms with van der Waals surface area (Å²) < 4.78 is 0. The zero-order chi connectivity index (χ0) is 13.1. The molecule has 0 spiro atoms. The second-order valence-corrected chi connectivity index (χ2v) is 5.62. The Labute approximate surface area is 116 Å². The van der Waals surface area contributed by atoms with Crippen LogP contribution < -0.4 is 10.6 Å². The van der Waals surface area contributed by atoms with Gasteiger partial charge >= 0.3 is 0 Å². The van der Waals surface area contributed by atoms with Crippen LogP contribution in [0.2, 0.25) is 0 Å². The highest BCUT2D eigenvalue weighted by molar-refractivity contribution is 7.13. The molecule has 1 fully saturated rings. The standard InChI is InChI=1S/C15H16N2OS/c18-15-13(16-7-8-17-15)10-11-3-5-12(6-4-11)14-2-1-9-19-14/h1-6,9,13,16H,7-8,10H2,(H,17,18)/t13-/m0/s1. The fourth-order valence-electron chi connectivity index (χ4n) is 2.30. The van der Waals surface area contributed by atoms with Crippen LogP contribution in [0.4, 0.5) is 0 Å². The molecule has 2 heterocycles. The molecule has 98 valence electrons. The van der Waals surface area contributed by atoms with Gasteiger partial charge in [-0.05, 0) is 29.0 Å². The van der Waals surface area contributed by atoms with Gasteiger partial charge in [0.2, 0.25) is 5.91 Å². The van der Waals surface area contributed by atoms with Gasteiger partial charge < -0.3 is 10.6 Å². The maximum Gasteiger partial charge on any atom is 0.237 e. The minimum atomic E-state index is -0.0960. The molecule has 0 unspecified atom stereocenters. The van der Waals surface area contributed by atoms with E-state index >= 15 is 0 Å². The number of rotatable bonds is 3. The molecule has 1 atom stereocenters. The summed E-state index contributed by atoms with van der Waals surface area (Å²) in [4.78, 5) is 13.0. The lowest BCUT2D eigenvalue weighted by Crippen LogP contribution is -2.53. The van der Waals surface area contributed by atoms with Crippen LogP contribution in [0.25, 0.3) is 10.4 Å². The van der Waals surface area contributed by atoms with Crippen LogP contribution >= 0.6 is 11.3 Å². The number of hydrogen-bond donors (Lipinski definition) is 2. The summed E-state index contributed by atoms with van der Waals surface area (Å²) in [5.41, 5.74) is 2.43. The molecule has 0 radical (unpaired) electrons. The van der Waals surface area contributed by atoms with E-state index < -0.39 is 0 Å². The lowest BCUT2D eigenvalue weighted by molar-refractivity contribution is -0.124. The number of benzene rings is 1. The average Bonchev–Trinajstić information content (AvgIpc) is 2.96. The summed E-state index contributed by atoms with van der Waals surface area (Å²) in [6.45, 7) is 1.58. The van der Waals surface area contributed by atoms with Crippen LogP contribution in [-0.2, 0) is 11.2 Å². The second-order valence-electron chi connectivity index (χ2n) is 4.68. The monoisotopic (exact) mass is 272 g/mol. The molecule has 0 aliphatic carbocycles. The first kappa shape index (κ1) is 12.4. The van der Waals surface area contributed by atoms with Crippen molar-refractivity contribution in [1.29, 1.82) is 0 Å². The van der Waals surface area contributed by atoms with Gasteiger partial charge in [-0.25, -0.2) is 0 Å². The Bertz CT molecular complexity index is 548. The average molecular weight is 272 g/mol. The largest absolute Gasteiger partial charge is 0.353 e. The molecule has 3 nitrogen and oxygen atoms in total. The number of hydrogen-bond acceptors (Lipinski definition) is 3. The van der Waals surface area contributed by atoms with Gasteiger partial charge in [0.05, 0.1) is 6.04 Å². The zero-order valence-corrected chi connectivity index (χ0v) is 11.4. The lowest BCUT2D eigenvalue weighted by Gasteiger charge is -2.23. The van der Waals surface area contributed by atoms with E-state index in [9.17, 15) is 4.79 Å². The van der Waals surface area contributed by atoms with Crippen molar-refractivity contribution in [3.05, 3.63) is 47.3 Å². The Hall–Kier alpha value is -1.65. The van der Waals surface area contributed by atoms with Crippen LogP contribution in [0.3, 0.4) is 0 Å². The molecular weight excluding hydrogens is 256 g/mol. The summed E-state index contributed by atoms with van der Waals surface area (Å²) in [5.74, 6) is 0.105. The number of carbonyl (C=O) groups excluding carboxylic acids is 1. The van der Waals surface area contributed by atoms with Gasteiger partial charge in [-0.15, -0.1) is 11.3 Å². The van der Waals surface area contributed by atoms with Gasteiger partial charge in [-0.2, -0.15) is 0 Å². The Morgan fingerprint density at radius 1 is 1.16 bits per heavy atom. The molecule has 2 aromatic rings. The van der Waals surface area contributed by atoms with Gasteiger partial charge in [-0.3, -0.25) is 4.79 Å². The highest BCUT2D eigenvalue weighted by atomic mass is 32.1. The molecule has 1 aromatic heterocycles.